The molecule has 146 valence electrons. The van der Waals surface area contributed by atoms with Crippen LogP contribution in [0.15, 0.2) is 12.1 Å². The fourth-order valence-electron chi connectivity index (χ4n) is 3.33. The van der Waals surface area contributed by atoms with Crippen LogP contribution in [0.4, 0.5) is 5.69 Å². The maximum Gasteiger partial charge on any atom is 0.315 e. The van der Waals surface area contributed by atoms with Crippen molar-refractivity contribution in [1.82, 2.24) is 15.1 Å². The number of aromatic amines is 1. The minimum Gasteiger partial charge on any atom is -0.490 e. The van der Waals surface area contributed by atoms with E-state index in [1.165, 1.54) is 6.07 Å². The van der Waals surface area contributed by atoms with Crippen LogP contribution in [0.3, 0.4) is 0 Å². The molecule has 1 N–H and O–H groups in total. The van der Waals surface area contributed by atoms with Gasteiger partial charge < -0.3 is 9.47 Å². The summed E-state index contributed by atoms with van der Waals surface area (Å²) in [7, 11) is 0. The lowest BCUT2D eigenvalue weighted by molar-refractivity contribution is -0.385. The molecule has 2 aromatic rings. The Morgan fingerprint density at radius 1 is 1.30 bits per heavy atom. The Bertz CT molecular complexity index is 818. The molecular weight excluding hydrogens is 348 g/mol. The molecule has 0 saturated carbocycles. The first-order chi connectivity index (χ1) is 13.1. The van der Waals surface area contributed by atoms with E-state index < -0.39 is 4.92 Å². The highest BCUT2D eigenvalue weighted by molar-refractivity contribution is 5.73. The SMILES string of the molecule is CCCOc1c(OCC)cc(-c2n[nH]c3c2CN(CC)CC3)cc1[N+](=O)[O-]. The Labute approximate surface area is 158 Å². The van der Waals surface area contributed by atoms with Gasteiger partial charge in [0.15, 0.2) is 5.75 Å². The van der Waals surface area contributed by atoms with E-state index in [-0.39, 0.29) is 11.4 Å². The molecule has 0 amide bonds. The van der Waals surface area contributed by atoms with Crippen molar-refractivity contribution in [1.29, 1.82) is 0 Å². The van der Waals surface area contributed by atoms with Gasteiger partial charge in [-0.15, -0.1) is 0 Å². The Morgan fingerprint density at radius 2 is 2.11 bits per heavy atom. The smallest absolute Gasteiger partial charge is 0.315 e. The number of ether oxygens (including phenoxy) is 2. The molecular formula is C19H26N4O4. The van der Waals surface area contributed by atoms with Crippen LogP contribution in [0.1, 0.15) is 38.4 Å². The summed E-state index contributed by atoms with van der Waals surface area (Å²) in [6.45, 7) is 9.44. The highest BCUT2D eigenvalue weighted by atomic mass is 16.6. The molecule has 0 fully saturated rings. The molecule has 0 radical (unpaired) electrons. The molecule has 0 spiro atoms. The molecule has 0 saturated heterocycles. The maximum atomic E-state index is 11.7. The van der Waals surface area contributed by atoms with E-state index in [1.54, 1.807) is 6.07 Å². The largest absolute Gasteiger partial charge is 0.490 e. The van der Waals surface area contributed by atoms with Crippen molar-refractivity contribution in [2.24, 2.45) is 0 Å². The van der Waals surface area contributed by atoms with Crippen LogP contribution in [0.2, 0.25) is 0 Å². The molecule has 1 aliphatic heterocycles. The predicted molar refractivity (Wildman–Crippen MR) is 102 cm³/mol. The number of nitro benzene ring substituents is 1. The van der Waals surface area contributed by atoms with E-state index in [0.717, 1.165) is 49.4 Å². The fourth-order valence-corrected chi connectivity index (χ4v) is 3.33. The van der Waals surface area contributed by atoms with Crippen LogP contribution >= 0.6 is 0 Å². The summed E-state index contributed by atoms with van der Waals surface area (Å²) in [5.74, 6) is 0.571. The molecule has 1 aliphatic rings. The first-order valence-electron chi connectivity index (χ1n) is 9.45. The zero-order chi connectivity index (χ0) is 19.4. The van der Waals surface area contributed by atoms with Gasteiger partial charge in [0.25, 0.3) is 0 Å². The Morgan fingerprint density at radius 3 is 2.78 bits per heavy atom. The summed E-state index contributed by atoms with van der Waals surface area (Å²) in [4.78, 5) is 13.6. The van der Waals surface area contributed by atoms with Gasteiger partial charge in [0.05, 0.1) is 23.8 Å². The van der Waals surface area contributed by atoms with Crippen LogP contribution in [-0.4, -0.2) is 46.3 Å². The number of nitrogens with zero attached hydrogens (tertiary/aromatic N) is 3. The third-order valence-electron chi connectivity index (χ3n) is 4.72. The van der Waals surface area contributed by atoms with Crippen molar-refractivity contribution < 1.29 is 14.4 Å². The van der Waals surface area contributed by atoms with E-state index >= 15 is 0 Å². The number of benzene rings is 1. The topological polar surface area (TPSA) is 93.5 Å². The Kier molecular flexibility index (Phi) is 5.95. The van der Waals surface area contributed by atoms with Gasteiger partial charge >= 0.3 is 5.69 Å². The van der Waals surface area contributed by atoms with Gasteiger partial charge in [0.2, 0.25) is 5.75 Å². The summed E-state index contributed by atoms with van der Waals surface area (Å²) < 4.78 is 11.3. The molecule has 1 aromatic carbocycles. The molecule has 27 heavy (non-hydrogen) atoms. The predicted octanol–water partition coefficient (Wildman–Crippen LogP) is 3.55. The number of nitro groups is 1. The van der Waals surface area contributed by atoms with Gasteiger partial charge in [-0.3, -0.25) is 20.1 Å². The normalized spacial score (nSPS) is 14.0. The first-order valence-corrected chi connectivity index (χ1v) is 9.45. The number of likely N-dealkylation sites (N-methyl/N-ethyl adjacent to an activating group) is 1. The average Bonchev–Trinajstić information content (AvgIpc) is 3.09. The van der Waals surface area contributed by atoms with Crippen molar-refractivity contribution in [2.45, 2.75) is 40.2 Å². The lowest BCUT2D eigenvalue weighted by Crippen LogP contribution is -2.30. The maximum absolute atomic E-state index is 11.7. The second-order valence-corrected chi connectivity index (χ2v) is 6.51. The van der Waals surface area contributed by atoms with Crippen molar-refractivity contribution in [3.8, 4) is 22.8 Å². The number of hydrogen-bond acceptors (Lipinski definition) is 6. The van der Waals surface area contributed by atoms with Gasteiger partial charge in [0.1, 0.15) is 0 Å². The van der Waals surface area contributed by atoms with Crippen LogP contribution in [0, 0.1) is 10.1 Å². The Hall–Kier alpha value is -2.61. The quantitative estimate of drug-likeness (QED) is 0.561. The van der Waals surface area contributed by atoms with Crippen molar-refractivity contribution in [3.63, 3.8) is 0 Å². The number of hydrogen-bond donors (Lipinski definition) is 1. The van der Waals surface area contributed by atoms with E-state index in [1.807, 2.05) is 13.8 Å². The molecule has 1 aromatic heterocycles. The minimum absolute atomic E-state index is 0.0932. The molecule has 8 heteroatoms. The van der Waals surface area contributed by atoms with Crippen molar-refractivity contribution in [2.75, 3.05) is 26.3 Å². The van der Waals surface area contributed by atoms with Crippen molar-refractivity contribution in [3.05, 3.63) is 33.5 Å². The molecule has 0 aliphatic carbocycles. The van der Waals surface area contributed by atoms with Gasteiger partial charge in [-0.2, -0.15) is 5.10 Å². The third-order valence-corrected chi connectivity index (χ3v) is 4.72. The van der Waals surface area contributed by atoms with Gasteiger partial charge in [-0.05, 0) is 26.0 Å². The highest BCUT2D eigenvalue weighted by Crippen LogP contribution is 2.42. The standard InChI is InChI=1S/C19H26N4O4/c1-4-9-27-19-16(23(24)25)10-13(11-17(19)26-6-3)18-14-12-22(5-2)8-7-15(14)20-21-18/h10-11H,4-9,12H2,1-3H3,(H,20,21). The number of fused-ring (bicyclic) bond motifs is 1. The van der Waals surface area contributed by atoms with Crippen LogP contribution in [-0.2, 0) is 13.0 Å². The zero-order valence-electron chi connectivity index (χ0n) is 16.1. The molecule has 2 heterocycles. The fraction of sp³-hybridized carbons (Fsp3) is 0.526. The summed E-state index contributed by atoms with van der Waals surface area (Å²) in [6.07, 6.45) is 1.65. The zero-order valence-corrected chi connectivity index (χ0v) is 16.1. The monoisotopic (exact) mass is 374 g/mol. The molecule has 0 bridgehead atoms. The summed E-state index contributed by atoms with van der Waals surface area (Å²) in [6, 6.07) is 3.33. The van der Waals surface area contributed by atoms with Crippen molar-refractivity contribution >= 4 is 5.69 Å². The average molecular weight is 374 g/mol. The van der Waals surface area contributed by atoms with Crippen LogP contribution < -0.4 is 9.47 Å². The summed E-state index contributed by atoms with van der Waals surface area (Å²) >= 11 is 0. The lowest BCUT2D eigenvalue weighted by atomic mass is 10.00. The van der Waals surface area contributed by atoms with Crippen LogP contribution in [0.5, 0.6) is 11.5 Å². The number of nitrogens with one attached hydrogen (secondary N) is 1. The molecule has 3 rings (SSSR count). The second-order valence-electron chi connectivity index (χ2n) is 6.51. The minimum atomic E-state index is -0.422. The van der Waals surface area contributed by atoms with E-state index in [2.05, 4.69) is 22.0 Å². The first kappa shape index (κ1) is 19.2. The number of aromatic nitrogens is 2. The van der Waals surface area contributed by atoms with E-state index in [9.17, 15) is 10.1 Å². The van der Waals surface area contributed by atoms with E-state index in [4.69, 9.17) is 9.47 Å². The Balaban J connectivity index is 2.09. The van der Waals surface area contributed by atoms with Crippen LogP contribution in [0.25, 0.3) is 11.3 Å². The van der Waals surface area contributed by atoms with Gasteiger partial charge in [0, 0.05) is 42.4 Å². The lowest BCUT2D eigenvalue weighted by Gasteiger charge is -2.25. The molecule has 8 nitrogen and oxygen atoms in total. The molecule has 0 atom stereocenters. The van der Waals surface area contributed by atoms with E-state index in [0.29, 0.717) is 24.5 Å². The second kappa shape index (κ2) is 8.39. The van der Waals surface area contributed by atoms with Gasteiger partial charge in [-0.1, -0.05) is 13.8 Å². The third kappa shape index (κ3) is 3.90. The number of rotatable bonds is 8. The highest BCUT2D eigenvalue weighted by Gasteiger charge is 2.27. The summed E-state index contributed by atoms with van der Waals surface area (Å²) in [5.41, 5.74) is 3.52. The molecule has 0 unspecified atom stereocenters. The van der Waals surface area contributed by atoms with Gasteiger partial charge in [-0.25, -0.2) is 0 Å². The number of H-pyrrole nitrogens is 1. The summed E-state index contributed by atoms with van der Waals surface area (Å²) in [5, 5.41) is 19.2.